The zero-order valence-electron chi connectivity index (χ0n) is 23.1. The molecule has 0 bridgehead atoms. The van der Waals surface area contributed by atoms with Crippen molar-refractivity contribution in [2.45, 2.75) is 64.1 Å². The molecule has 0 saturated heterocycles. The van der Waals surface area contributed by atoms with Gasteiger partial charge in [0, 0.05) is 22.6 Å². The Kier molecular flexibility index (Phi) is 11.0. The third kappa shape index (κ3) is 7.77. The maximum absolute atomic E-state index is 14.1. The number of halogens is 2. The number of amides is 2. The summed E-state index contributed by atoms with van der Waals surface area (Å²) in [7, 11) is -4.20. The molecular weight excluding hydrogens is 569 g/mol. The number of rotatable bonds is 12. The lowest BCUT2D eigenvalue weighted by Crippen LogP contribution is -2.53. The van der Waals surface area contributed by atoms with E-state index < -0.39 is 28.5 Å². The van der Waals surface area contributed by atoms with Crippen molar-refractivity contribution in [1.82, 2.24) is 10.2 Å². The summed E-state index contributed by atoms with van der Waals surface area (Å²) in [6, 6.07) is 18.7. The van der Waals surface area contributed by atoms with Crippen LogP contribution in [0.15, 0.2) is 77.7 Å². The van der Waals surface area contributed by atoms with Crippen molar-refractivity contribution in [3.05, 3.63) is 94.0 Å². The summed E-state index contributed by atoms with van der Waals surface area (Å²) in [4.78, 5) is 28.9. The molecule has 2 unspecified atom stereocenters. The molecule has 3 aromatic rings. The van der Waals surface area contributed by atoms with E-state index in [-0.39, 0.29) is 29.1 Å². The Labute approximate surface area is 247 Å². The summed E-state index contributed by atoms with van der Waals surface area (Å²) in [5.74, 6) is -0.805. The van der Waals surface area contributed by atoms with Crippen molar-refractivity contribution >= 4 is 50.7 Å². The van der Waals surface area contributed by atoms with Crippen LogP contribution >= 0.6 is 23.2 Å². The second kappa shape index (κ2) is 14.0. The summed E-state index contributed by atoms with van der Waals surface area (Å²) < 4.78 is 28.8. The van der Waals surface area contributed by atoms with Crippen LogP contribution in [0.5, 0.6) is 0 Å². The summed E-state index contributed by atoms with van der Waals surface area (Å²) in [6.07, 6.45) is 1.08. The fourth-order valence-corrected chi connectivity index (χ4v) is 5.94. The van der Waals surface area contributed by atoms with Gasteiger partial charge in [0.1, 0.15) is 12.6 Å². The molecular formula is C30H35Cl2N3O4S. The molecule has 0 heterocycles. The molecule has 0 aliphatic carbocycles. The van der Waals surface area contributed by atoms with Gasteiger partial charge in [-0.15, -0.1) is 0 Å². The Morgan fingerprint density at radius 3 is 2.17 bits per heavy atom. The van der Waals surface area contributed by atoms with Gasteiger partial charge in [-0.3, -0.25) is 13.9 Å². The van der Waals surface area contributed by atoms with E-state index in [4.69, 9.17) is 23.2 Å². The number of carbonyl (C=O) groups excluding carboxylic acids is 2. The Morgan fingerprint density at radius 1 is 0.900 bits per heavy atom. The predicted octanol–water partition coefficient (Wildman–Crippen LogP) is 6.22. The molecule has 0 fully saturated rings. The summed E-state index contributed by atoms with van der Waals surface area (Å²) in [6.45, 7) is 7.23. The standard InChI is InChI=1S/C30H35Cl2N3O4S/c1-5-22(4)33-30(37)28(6-2)34(19-23-11-8-7-10-21(23)3)29(36)20-35(26-13-9-12-25(32)18-26)40(38,39)27-16-14-24(31)15-17-27/h7-18,22,28H,5-6,19-20H2,1-4H3,(H,33,37). The van der Waals surface area contributed by atoms with Gasteiger partial charge in [0.25, 0.3) is 10.0 Å². The van der Waals surface area contributed by atoms with E-state index in [9.17, 15) is 18.0 Å². The van der Waals surface area contributed by atoms with Crippen LogP contribution in [0.2, 0.25) is 10.0 Å². The number of nitrogens with zero attached hydrogens (tertiary/aromatic N) is 2. The molecule has 0 aliphatic heterocycles. The van der Waals surface area contributed by atoms with E-state index in [1.54, 1.807) is 18.2 Å². The molecule has 0 aromatic heterocycles. The third-order valence-corrected chi connectivity index (χ3v) is 9.04. The van der Waals surface area contributed by atoms with E-state index in [2.05, 4.69) is 5.32 Å². The van der Waals surface area contributed by atoms with Gasteiger partial charge in [-0.25, -0.2) is 8.42 Å². The molecule has 0 spiro atoms. The first-order valence-electron chi connectivity index (χ1n) is 13.2. The molecule has 10 heteroatoms. The van der Waals surface area contributed by atoms with Crippen LogP contribution in [0, 0.1) is 6.92 Å². The quantitative estimate of drug-likeness (QED) is 0.266. The van der Waals surface area contributed by atoms with Crippen molar-refractivity contribution in [2.75, 3.05) is 10.8 Å². The lowest BCUT2D eigenvalue weighted by atomic mass is 10.1. The van der Waals surface area contributed by atoms with Crippen LogP contribution < -0.4 is 9.62 Å². The molecule has 2 atom stereocenters. The van der Waals surface area contributed by atoms with Gasteiger partial charge in [0.15, 0.2) is 0 Å². The highest BCUT2D eigenvalue weighted by molar-refractivity contribution is 7.92. The minimum absolute atomic E-state index is 0.0308. The van der Waals surface area contributed by atoms with E-state index in [1.807, 2.05) is 52.0 Å². The third-order valence-electron chi connectivity index (χ3n) is 6.77. The lowest BCUT2D eigenvalue weighted by Gasteiger charge is -2.34. The average Bonchev–Trinajstić information content (AvgIpc) is 2.92. The van der Waals surface area contributed by atoms with Crippen LogP contribution in [0.1, 0.15) is 44.7 Å². The first-order valence-corrected chi connectivity index (χ1v) is 15.4. The predicted molar refractivity (Wildman–Crippen MR) is 161 cm³/mol. The van der Waals surface area contributed by atoms with Crippen molar-refractivity contribution in [2.24, 2.45) is 0 Å². The van der Waals surface area contributed by atoms with Crippen molar-refractivity contribution < 1.29 is 18.0 Å². The van der Waals surface area contributed by atoms with Crippen LogP contribution in [0.4, 0.5) is 5.69 Å². The lowest BCUT2D eigenvalue weighted by molar-refractivity contribution is -0.140. The monoisotopic (exact) mass is 603 g/mol. The van der Waals surface area contributed by atoms with E-state index >= 15 is 0 Å². The number of benzene rings is 3. The minimum atomic E-state index is -4.20. The number of aryl methyl sites for hydroxylation is 1. The molecule has 0 radical (unpaired) electrons. The van der Waals surface area contributed by atoms with Gasteiger partial charge in [-0.05, 0) is 80.3 Å². The van der Waals surface area contributed by atoms with Gasteiger partial charge in [0.2, 0.25) is 11.8 Å². The average molecular weight is 605 g/mol. The number of hydrogen-bond donors (Lipinski definition) is 1. The number of nitrogens with one attached hydrogen (secondary N) is 1. The second-order valence-corrected chi connectivity index (χ2v) is 12.4. The number of hydrogen-bond acceptors (Lipinski definition) is 4. The van der Waals surface area contributed by atoms with Gasteiger partial charge in [-0.2, -0.15) is 0 Å². The highest BCUT2D eigenvalue weighted by atomic mass is 35.5. The number of sulfonamides is 1. The Balaban J connectivity index is 2.07. The smallest absolute Gasteiger partial charge is 0.264 e. The summed E-state index contributed by atoms with van der Waals surface area (Å²) in [5, 5.41) is 3.67. The van der Waals surface area contributed by atoms with E-state index in [1.165, 1.54) is 35.2 Å². The second-order valence-electron chi connectivity index (χ2n) is 9.64. The maximum atomic E-state index is 14.1. The molecule has 0 saturated carbocycles. The van der Waals surface area contributed by atoms with Gasteiger partial charge in [0.05, 0.1) is 10.6 Å². The SMILES string of the molecule is CCC(C)NC(=O)C(CC)N(Cc1ccccc1C)C(=O)CN(c1cccc(Cl)c1)S(=O)(=O)c1ccc(Cl)cc1. The highest BCUT2D eigenvalue weighted by Crippen LogP contribution is 2.28. The molecule has 214 valence electrons. The molecule has 1 N–H and O–H groups in total. The van der Waals surface area contributed by atoms with Crippen LogP contribution in [-0.2, 0) is 26.2 Å². The first-order chi connectivity index (χ1) is 19.0. The fraction of sp³-hybridized carbons (Fsp3) is 0.333. The number of carbonyl (C=O) groups is 2. The van der Waals surface area contributed by atoms with Crippen LogP contribution in [0.25, 0.3) is 0 Å². The topological polar surface area (TPSA) is 86.8 Å². The van der Waals surface area contributed by atoms with Crippen LogP contribution in [-0.4, -0.2) is 43.8 Å². The van der Waals surface area contributed by atoms with Crippen molar-refractivity contribution in [3.8, 4) is 0 Å². The normalized spacial score (nSPS) is 12.8. The molecule has 0 aliphatic rings. The first kappa shape index (κ1) is 31.5. The minimum Gasteiger partial charge on any atom is -0.352 e. The van der Waals surface area contributed by atoms with Gasteiger partial charge < -0.3 is 10.2 Å². The fourth-order valence-electron chi connectivity index (χ4n) is 4.23. The van der Waals surface area contributed by atoms with E-state index in [0.717, 1.165) is 21.9 Å². The van der Waals surface area contributed by atoms with Crippen LogP contribution in [0.3, 0.4) is 0 Å². The maximum Gasteiger partial charge on any atom is 0.264 e. The van der Waals surface area contributed by atoms with Gasteiger partial charge in [-0.1, -0.05) is 67.4 Å². The summed E-state index contributed by atoms with van der Waals surface area (Å²) in [5.41, 5.74) is 2.04. The molecule has 3 rings (SSSR count). The Hall–Kier alpha value is -3.07. The highest BCUT2D eigenvalue weighted by Gasteiger charge is 2.34. The molecule has 2 amide bonds. The zero-order valence-corrected chi connectivity index (χ0v) is 25.4. The Morgan fingerprint density at radius 2 is 1.57 bits per heavy atom. The molecule has 7 nitrogen and oxygen atoms in total. The zero-order chi connectivity index (χ0) is 29.4. The molecule has 40 heavy (non-hydrogen) atoms. The van der Waals surface area contributed by atoms with Crippen molar-refractivity contribution in [1.29, 1.82) is 0 Å². The summed E-state index contributed by atoms with van der Waals surface area (Å²) >= 11 is 12.2. The largest absolute Gasteiger partial charge is 0.352 e. The molecule has 3 aromatic carbocycles. The van der Waals surface area contributed by atoms with Gasteiger partial charge >= 0.3 is 0 Å². The van der Waals surface area contributed by atoms with E-state index in [0.29, 0.717) is 16.5 Å². The number of anilines is 1. The Bertz CT molecular complexity index is 1430. The van der Waals surface area contributed by atoms with Crippen molar-refractivity contribution in [3.63, 3.8) is 0 Å².